The second-order valence-corrected chi connectivity index (χ2v) is 14.7. The van der Waals surface area contributed by atoms with Crippen LogP contribution >= 0.6 is 23.2 Å². The number of aromatic nitrogens is 1. The summed E-state index contributed by atoms with van der Waals surface area (Å²) in [7, 11) is -4.14. The first kappa shape index (κ1) is 31.2. The zero-order chi connectivity index (χ0) is 31.4. The van der Waals surface area contributed by atoms with Crippen molar-refractivity contribution in [2.45, 2.75) is 63.2 Å². The second-order valence-electron chi connectivity index (χ2n) is 12.1. The number of benzene rings is 2. The van der Waals surface area contributed by atoms with Crippen LogP contribution in [0.4, 0.5) is 4.39 Å². The van der Waals surface area contributed by atoms with Crippen molar-refractivity contribution >= 4 is 61.8 Å². The molecule has 10 nitrogen and oxygen atoms in total. The molecule has 3 heterocycles. The number of hydrogen-bond donors (Lipinski definition) is 3. The lowest BCUT2D eigenvalue weighted by molar-refractivity contribution is -0.143. The van der Waals surface area contributed by atoms with Crippen LogP contribution in [-0.2, 0) is 19.6 Å². The fraction of sp³-hybridized carbons (Fsp3) is 0.414. The smallest absolute Gasteiger partial charge is 0.268 e. The number of halogens is 3. The van der Waals surface area contributed by atoms with Crippen LogP contribution in [0.5, 0.6) is 0 Å². The first-order chi connectivity index (χ1) is 20.0. The summed E-state index contributed by atoms with van der Waals surface area (Å²) in [5.41, 5.74) is 0.160. The highest BCUT2D eigenvalue weighted by Crippen LogP contribution is 2.34. The highest BCUT2D eigenvalue weighted by molar-refractivity contribution is 7.89. The SMILES string of the molecule is C[C@H](NS(=O)(=O)c1cc(Cl)ccc1Cl)C(=O)N1C[C@@H]2C[C@H]1CN2C(=O)[C@@H](NC(=O)c1cc2cc(F)ccc2[nH]1)C(C)(C)C. The molecule has 3 amide bonds. The lowest BCUT2D eigenvalue weighted by atomic mass is 9.85. The van der Waals surface area contributed by atoms with Crippen LogP contribution in [0.3, 0.4) is 0 Å². The number of aromatic amines is 1. The van der Waals surface area contributed by atoms with Crippen molar-refractivity contribution in [2.24, 2.45) is 5.41 Å². The third-order valence-electron chi connectivity index (χ3n) is 7.91. The third-order valence-corrected chi connectivity index (χ3v) is 10.2. The van der Waals surface area contributed by atoms with E-state index in [1.54, 1.807) is 15.9 Å². The Labute approximate surface area is 258 Å². The number of nitrogens with zero attached hydrogens (tertiary/aromatic N) is 2. The molecular weight excluding hydrogens is 620 g/mol. The van der Waals surface area contributed by atoms with Crippen LogP contribution in [0.25, 0.3) is 10.9 Å². The van der Waals surface area contributed by atoms with Crippen molar-refractivity contribution in [1.29, 1.82) is 0 Å². The van der Waals surface area contributed by atoms with E-state index < -0.39 is 45.2 Å². The molecule has 3 aromatic rings. The molecule has 0 aliphatic carbocycles. The normalized spacial score (nSPS) is 20.0. The van der Waals surface area contributed by atoms with Gasteiger partial charge in [-0.2, -0.15) is 4.72 Å². The van der Waals surface area contributed by atoms with Gasteiger partial charge < -0.3 is 20.1 Å². The monoisotopic (exact) mass is 651 g/mol. The summed E-state index contributed by atoms with van der Waals surface area (Å²) in [6.07, 6.45) is 0.537. The van der Waals surface area contributed by atoms with Crippen LogP contribution < -0.4 is 10.0 Å². The molecule has 2 saturated heterocycles. The lowest BCUT2D eigenvalue weighted by Crippen LogP contribution is -2.60. The number of sulfonamides is 1. The van der Waals surface area contributed by atoms with E-state index in [9.17, 15) is 27.2 Å². The molecule has 4 atom stereocenters. The first-order valence-corrected chi connectivity index (χ1v) is 16.0. The summed E-state index contributed by atoms with van der Waals surface area (Å²) >= 11 is 12.0. The number of amides is 3. The topological polar surface area (TPSA) is 132 Å². The molecule has 14 heteroatoms. The van der Waals surface area contributed by atoms with E-state index in [2.05, 4.69) is 15.0 Å². The standard InChI is InChI=1S/C29H32Cl2FN5O5S/c1-15(35-43(41,42)24-11-17(30)5-7-21(24)31)27(39)36-13-20-12-19(36)14-37(20)28(40)25(29(2,3)4)34-26(38)23-10-16-9-18(32)6-8-22(16)33-23/h5-11,15,19-20,25,33,35H,12-14H2,1-4H3,(H,34,38)/t15-,19-,20-,25+/m0/s1. The van der Waals surface area contributed by atoms with Gasteiger partial charge in [0.15, 0.2) is 0 Å². The quantitative estimate of drug-likeness (QED) is 0.356. The highest BCUT2D eigenvalue weighted by atomic mass is 35.5. The van der Waals surface area contributed by atoms with E-state index in [1.807, 2.05) is 20.8 Å². The minimum atomic E-state index is -4.14. The summed E-state index contributed by atoms with van der Waals surface area (Å²) < 4.78 is 41.9. The largest absolute Gasteiger partial charge is 0.351 e. The Balaban J connectivity index is 1.25. The van der Waals surface area contributed by atoms with Crippen molar-refractivity contribution in [3.8, 4) is 0 Å². The minimum absolute atomic E-state index is 0.0233. The molecule has 2 fully saturated rings. The number of carbonyl (C=O) groups is 3. The van der Waals surface area contributed by atoms with Crippen molar-refractivity contribution in [1.82, 2.24) is 24.8 Å². The Morgan fingerprint density at radius 3 is 2.28 bits per heavy atom. The Bertz CT molecular complexity index is 1720. The van der Waals surface area contributed by atoms with Crippen LogP contribution in [0.1, 0.15) is 44.6 Å². The maximum absolute atomic E-state index is 13.8. The molecule has 43 heavy (non-hydrogen) atoms. The molecule has 2 aromatic carbocycles. The number of rotatable bonds is 7. The van der Waals surface area contributed by atoms with E-state index in [0.29, 0.717) is 17.3 Å². The molecule has 2 bridgehead atoms. The van der Waals surface area contributed by atoms with Gasteiger partial charge in [0.05, 0.1) is 23.1 Å². The van der Waals surface area contributed by atoms with Crippen LogP contribution in [0.15, 0.2) is 47.4 Å². The molecule has 2 aliphatic heterocycles. The molecule has 3 N–H and O–H groups in total. The zero-order valence-corrected chi connectivity index (χ0v) is 26.3. The first-order valence-electron chi connectivity index (χ1n) is 13.7. The van der Waals surface area contributed by atoms with Crippen molar-refractivity contribution < 1.29 is 27.2 Å². The minimum Gasteiger partial charge on any atom is -0.351 e. The maximum Gasteiger partial charge on any atom is 0.268 e. The van der Waals surface area contributed by atoms with Crippen molar-refractivity contribution in [3.63, 3.8) is 0 Å². The van der Waals surface area contributed by atoms with Gasteiger partial charge >= 0.3 is 0 Å². The predicted molar refractivity (Wildman–Crippen MR) is 161 cm³/mol. The van der Waals surface area contributed by atoms with Crippen LogP contribution in [0.2, 0.25) is 10.0 Å². The number of H-pyrrole nitrogens is 1. The average Bonchev–Trinajstić information content (AvgIpc) is 3.65. The maximum atomic E-state index is 13.8. The Kier molecular flexibility index (Phi) is 8.27. The molecule has 0 unspecified atom stereocenters. The summed E-state index contributed by atoms with van der Waals surface area (Å²) in [5, 5.41) is 3.56. The molecule has 0 saturated carbocycles. The zero-order valence-electron chi connectivity index (χ0n) is 23.9. The summed E-state index contributed by atoms with van der Waals surface area (Å²) in [4.78, 5) is 46.3. The number of nitrogens with one attached hydrogen (secondary N) is 3. The molecule has 1 aromatic heterocycles. The molecule has 0 spiro atoms. The third kappa shape index (κ3) is 6.24. The number of fused-ring (bicyclic) bond motifs is 3. The van der Waals surface area contributed by atoms with E-state index in [4.69, 9.17) is 23.2 Å². The van der Waals surface area contributed by atoms with E-state index in [1.165, 1.54) is 43.3 Å². The van der Waals surface area contributed by atoms with Gasteiger partial charge in [-0.3, -0.25) is 14.4 Å². The number of piperazine rings is 1. The Hall–Kier alpha value is -3.19. The average molecular weight is 653 g/mol. The van der Waals surface area contributed by atoms with Gasteiger partial charge in [-0.25, -0.2) is 12.8 Å². The predicted octanol–water partition coefficient (Wildman–Crippen LogP) is 3.94. The summed E-state index contributed by atoms with van der Waals surface area (Å²) in [6, 6.07) is 7.19. The summed E-state index contributed by atoms with van der Waals surface area (Å²) in [6.45, 7) is 7.49. The number of likely N-dealkylation sites (tertiary alicyclic amines) is 2. The Morgan fingerprint density at radius 2 is 1.65 bits per heavy atom. The molecule has 2 aliphatic rings. The van der Waals surface area contributed by atoms with E-state index in [-0.39, 0.29) is 51.7 Å². The van der Waals surface area contributed by atoms with Gasteiger partial charge in [0.1, 0.15) is 22.4 Å². The lowest BCUT2D eigenvalue weighted by Gasteiger charge is -2.39. The molecule has 5 rings (SSSR count). The van der Waals surface area contributed by atoms with Crippen molar-refractivity contribution in [3.05, 3.63) is 64.0 Å². The van der Waals surface area contributed by atoms with Crippen molar-refractivity contribution in [2.75, 3.05) is 13.1 Å². The second kappa shape index (κ2) is 11.4. The van der Waals surface area contributed by atoms with Gasteiger partial charge in [0.2, 0.25) is 21.8 Å². The van der Waals surface area contributed by atoms with Crippen LogP contribution in [-0.4, -0.2) is 78.2 Å². The highest BCUT2D eigenvalue weighted by Gasteiger charge is 2.50. The number of carbonyl (C=O) groups excluding carboxylic acids is 3. The fourth-order valence-corrected chi connectivity index (χ4v) is 7.69. The van der Waals surface area contributed by atoms with Crippen LogP contribution in [0, 0.1) is 11.2 Å². The fourth-order valence-electron chi connectivity index (χ4n) is 5.73. The van der Waals surface area contributed by atoms with Gasteiger partial charge in [0.25, 0.3) is 5.91 Å². The molecular formula is C29H32Cl2FN5O5S. The van der Waals surface area contributed by atoms with Gasteiger partial charge in [0, 0.05) is 29.0 Å². The van der Waals surface area contributed by atoms with E-state index >= 15 is 0 Å². The van der Waals surface area contributed by atoms with Gasteiger partial charge in [-0.1, -0.05) is 44.0 Å². The van der Waals surface area contributed by atoms with Gasteiger partial charge in [-0.15, -0.1) is 0 Å². The molecule has 230 valence electrons. The Morgan fingerprint density at radius 1 is 1.00 bits per heavy atom. The van der Waals surface area contributed by atoms with E-state index in [0.717, 1.165) is 0 Å². The van der Waals surface area contributed by atoms with Gasteiger partial charge in [-0.05, 0) is 61.2 Å². The molecule has 0 radical (unpaired) electrons. The summed E-state index contributed by atoms with van der Waals surface area (Å²) in [5.74, 6) is -1.61. The number of hydrogen-bond acceptors (Lipinski definition) is 5.